The van der Waals surface area contributed by atoms with Gasteiger partial charge in [-0.1, -0.05) is 24.3 Å². The first kappa shape index (κ1) is 21.6. The topological polar surface area (TPSA) is 63.2 Å². The van der Waals surface area contributed by atoms with Gasteiger partial charge in [0.1, 0.15) is 11.5 Å². The average molecular weight is 434 g/mol. The quantitative estimate of drug-likeness (QED) is 0.530. The minimum atomic E-state index is -0.435. The maximum absolute atomic E-state index is 13.8. The first-order valence-corrected chi connectivity index (χ1v) is 10.2. The highest BCUT2D eigenvalue weighted by atomic mass is 16.5. The Bertz CT molecular complexity index is 1120. The van der Waals surface area contributed by atoms with Gasteiger partial charge in [-0.25, -0.2) is 0 Å². The summed E-state index contributed by atoms with van der Waals surface area (Å²) in [5.41, 5.74) is 3.24. The molecule has 0 aliphatic heterocycles. The molecule has 0 N–H and O–H groups in total. The van der Waals surface area contributed by atoms with Gasteiger partial charge in [-0.15, -0.1) is 0 Å². The van der Waals surface area contributed by atoms with E-state index in [0.29, 0.717) is 22.8 Å². The molecule has 4 rings (SSSR count). The second kappa shape index (κ2) is 8.83. The number of Topliss-reactive ketones (excluding diaryl/α,β-unsaturated/α-hetero) is 1. The Hall–Kier alpha value is -3.67. The predicted octanol–water partition coefficient (Wildman–Crippen LogP) is 4.84. The van der Waals surface area contributed by atoms with E-state index in [1.807, 2.05) is 48.5 Å². The minimum Gasteiger partial charge on any atom is -0.497 e. The summed E-state index contributed by atoms with van der Waals surface area (Å²) in [5, 5.41) is 0. The second-order valence-corrected chi connectivity index (χ2v) is 7.47. The van der Waals surface area contributed by atoms with Gasteiger partial charge in [0.25, 0.3) is 0 Å². The Kier molecular flexibility index (Phi) is 5.95. The molecule has 0 aromatic heterocycles. The molecule has 0 spiro atoms. The molecule has 0 heterocycles. The zero-order valence-corrected chi connectivity index (χ0v) is 18.8. The third kappa shape index (κ3) is 3.42. The maximum atomic E-state index is 13.8. The van der Waals surface area contributed by atoms with Crippen LogP contribution in [0, 0.1) is 0 Å². The third-order valence-electron chi connectivity index (χ3n) is 6.01. The number of ketones is 1. The van der Waals surface area contributed by atoms with E-state index in [4.69, 9.17) is 23.7 Å². The van der Waals surface area contributed by atoms with E-state index in [9.17, 15) is 4.79 Å². The number of fused-ring (bicyclic) bond motifs is 1. The van der Waals surface area contributed by atoms with Crippen LogP contribution >= 0.6 is 0 Å². The second-order valence-electron chi connectivity index (χ2n) is 7.47. The summed E-state index contributed by atoms with van der Waals surface area (Å²) in [6.45, 7) is 0. The maximum Gasteiger partial charge on any atom is 0.203 e. The molecule has 3 aromatic rings. The molecule has 2 atom stereocenters. The van der Waals surface area contributed by atoms with E-state index in [2.05, 4.69) is 0 Å². The van der Waals surface area contributed by atoms with Crippen molar-refractivity contribution in [3.63, 3.8) is 0 Å². The third-order valence-corrected chi connectivity index (χ3v) is 6.01. The van der Waals surface area contributed by atoms with Gasteiger partial charge in [-0.05, 0) is 41.5 Å². The number of hydrogen-bond acceptors (Lipinski definition) is 6. The van der Waals surface area contributed by atoms with Crippen LogP contribution in [-0.4, -0.2) is 41.3 Å². The first-order valence-electron chi connectivity index (χ1n) is 10.2. The summed E-state index contributed by atoms with van der Waals surface area (Å²) in [7, 11) is 7.94. The van der Waals surface area contributed by atoms with Crippen molar-refractivity contribution in [2.24, 2.45) is 0 Å². The highest BCUT2D eigenvalue weighted by molar-refractivity contribution is 6.08. The highest BCUT2D eigenvalue weighted by Crippen LogP contribution is 2.56. The lowest BCUT2D eigenvalue weighted by Gasteiger charge is -2.23. The predicted molar refractivity (Wildman–Crippen MR) is 121 cm³/mol. The fraction of sp³-hybridized carbons (Fsp3) is 0.269. The fourth-order valence-electron chi connectivity index (χ4n) is 4.50. The normalized spacial score (nSPS) is 17.0. The number of carbonyl (C=O) groups is 1. The molecule has 166 valence electrons. The smallest absolute Gasteiger partial charge is 0.203 e. The molecule has 0 radical (unpaired) electrons. The van der Waals surface area contributed by atoms with E-state index in [1.165, 1.54) is 0 Å². The molecule has 3 aromatic carbocycles. The molecule has 32 heavy (non-hydrogen) atoms. The van der Waals surface area contributed by atoms with E-state index in [0.717, 1.165) is 28.2 Å². The zero-order chi connectivity index (χ0) is 22.8. The average Bonchev–Trinajstić information content (AvgIpc) is 3.14. The lowest BCUT2D eigenvalue weighted by Crippen LogP contribution is -2.13. The van der Waals surface area contributed by atoms with Crippen molar-refractivity contribution < 1.29 is 28.5 Å². The molecule has 0 fully saturated rings. The van der Waals surface area contributed by atoms with Gasteiger partial charge >= 0.3 is 0 Å². The Labute approximate surface area is 187 Å². The van der Waals surface area contributed by atoms with Crippen LogP contribution in [0.25, 0.3) is 0 Å². The van der Waals surface area contributed by atoms with Crippen LogP contribution in [0.5, 0.6) is 28.7 Å². The van der Waals surface area contributed by atoms with Gasteiger partial charge in [0.2, 0.25) is 5.75 Å². The van der Waals surface area contributed by atoms with Crippen LogP contribution in [-0.2, 0) is 0 Å². The van der Waals surface area contributed by atoms with Crippen LogP contribution in [0.4, 0.5) is 0 Å². The van der Waals surface area contributed by atoms with Crippen molar-refractivity contribution in [2.45, 2.75) is 11.8 Å². The van der Waals surface area contributed by atoms with Crippen molar-refractivity contribution >= 4 is 5.78 Å². The number of benzene rings is 3. The van der Waals surface area contributed by atoms with Crippen LogP contribution in [0.15, 0.2) is 54.6 Å². The standard InChI is InChI=1S/C26H26O6/c1-28-17-10-6-15(7-11-17)21-22(16-8-12-18(29-2)13-9-16)24(27)19-14-20(30-3)25(31-4)26(32-5)23(19)21/h6-14,21-22H,1-5H3/t21-,22-/m1/s1. The fourth-order valence-corrected chi connectivity index (χ4v) is 4.50. The lowest BCUT2D eigenvalue weighted by atomic mass is 9.81. The molecule has 0 unspecified atom stereocenters. The Balaban J connectivity index is 1.97. The number of methoxy groups -OCH3 is 5. The van der Waals surface area contributed by atoms with Gasteiger partial charge in [0.05, 0.1) is 41.5 Å². The van der Waals surface area contributed by atoms with Gasteiger partial charge in [-0.3, -0.25) is 4.79 Å². The summed E-state index contributed by atoms with van der Waals surface area (Å²) in [6.07, 6.45) is 0. The molecular formula is C26H26O6. The molecule has 1 aliphatic rings. The van der Waals surface area contributed by atoms with Gasteiger partial charge < -0.3 is 23.7 Å². The van der Waals surface area contributed by atoms with E-state index in [1.54, 1.807) is 41.6 Å². The van der Waals surface area contributed by atoms with Crippen LogP contribution in [0.2, 0.25) is 0 Å². The number of ether oxygens (including phenoxy) is 5. The SMILES string of the molecule is COc1ccc([C@H]2c3c(cc(OC)c(OC)c3OC)C(=O)[C@@H]2c2ccc(OC)cc2)cc1. The Morgan fingerprint density at radius 1 is 0.594 bits per heavy atom. The van der Waals surface area contributed by atoms with Crippen molar-refractivity contribution in [1.29, 1.82) is 0 Å². The van der Waals surface area contributed by atoms with Gasteiger partial charge in [0.15, 0.2) is 17.3 Å². The minimum absolute atomic E-state index is 0.00485. The summed E-state index contributed by atoms with van der Waals surface area (Å²) in [5.74, 6) is 2.21. The molecule has 6 nitrogen and oxygen atoms in total. The highest BCUT2D eigenvalue weighted by Gasteiger charge is 2.45. The number of carbonyl (C=O) groups excluding carboxylic acids is 1. The van der Waals surface area contributed by atoms with E-state index in [-0.39, 0.29) is 11.7 Å². The van der Waals surface area contributed by atoms with Crippen molar-refractivity contribution in [3.8, 4) is 28.7 Å². The van der Waals surface area contributed by atoms with Crippen LogP contribution in [0.1, 0.15) is 38.9 Å². The molecular weight excluding hydrogens is 408 g/mol. The molecule has 0 amide bonds. The van der Waals surface area contributed by atoms with Gasteiger partial charge in [-0.2, -0.15) is 0 Å². The van der Waals surface area contributed by atoms with Crippen molar-refractivity contribution in [1.82, 2.24) is 0 Å². The molecule has 0 saturated heterocycles. The van der Waals surface area contributed by atoms with Crippen LogP contribution in [0.3, 0.4) is 0 Å². The monoisotopic (exact) mass is 434 g/mol. The summed E-state index contributed by atoms with van der Waals surface area (Å²) in [6, 6.07) is 17.1. The molecule has 0 bridgehead atoms. The van der Waals surface area contributed by atoms with Crippen molar-refractivity contribution in [2.75, 3.05) is 35.5 Å². The van der Waals surface area contributed by atoms with Crippen LogP contribution < -0.4 is 23.7 Å². The molecule has 6 heteroatoms. The lowest BCUT2D eigenvalue weighted by molar-refractivity contribution is 0.0968. The number of rotatable bonds is 7. The van der Waals surface area contributed by atoms with E-state index >= 15 is 0 Å². The van der Waals surface area contributed by atoms with Gasteiger partial charge in [0, 0.05) is 17.0 Å². The molecule has 1 aliphatic carbocycles. The number of hydrogen-bond donors (Lipinski definition) is 0. The zero-order valence-electron chi connectivity index (χ0n) is 18.8. The summed E-state index contributed by atoms with van der Waals surface area (Å²) >= 11 is 0. The first-order chi connectivity index (χ1) is 15.6. The Morgan fingerprint density at radius 2 is 1.09 bits per heavy atom. The Morgan fingerprint density at radius 3 is 1.53 bits per heavy atom. The largest absolute Gasteiger partial charge is 0.497 e. The summed E-state index contributed by atoms with van der Waals surface area (Å²) in [4.78, 5) is 13.8. The van der Waals surface area contributed by atoms with Crippen molar-refractivity contribution in [3.05, 3.63) is 76.9 Å². The van der Waals surface area contributed by atoms with E-state index < -0.39 is 5.92 Å². The molecule has 0 saturated carbocycles. The summed E-state index contributed by atoms with van der Waals surface area (Å²) < 4.78 is 27.5.